The molecule has 0 fully saturated rings. The number of carbonyl (C=O) groups is 1. The van der Waals surface area contributed by atoms with E-state index in [9.17, 15) is 4.79 Å². The summed E-state index contributed by atoms with van der Waals surface area (Å²) in [4.78, 5) is 16.7. The number of ether oxygens (including phenoxy) is 2. The van der Waals surface area contributed by atoms with Crippen molar-refractivity contribution in [3.63, 3.8) is 0 Å². The van der Waals surface area contributed by atoms with E-state index in [0.29, 0.717) is 5.75 Å². The molecule has 130 valence electrons. The summed E-state index contributed by atoms with van der Waals surface area (Å²) >= 11 is 1.42. The standard InChI is InChI=1S/C17H23N3O3S/c1-11(14-10-13(22-4)6-7-15(14)23-5)19-16(21)12(2)24-17-18-8-9-20(17)3/h6-12H,1-5H3,(H,19,21). The van der Waals surface area contributed by atoms with Gasteiger partial charge in [-0.05, 0) is 32.0 Å². The normalized spacial score (nSPS) is 13.2. The largest absolute Gasteiger partial charge is 0.497 e. The minimum atomic E-state index is -0.259. The summed E-state index contributed by atoms with van der Waals surface area (Å²) in [5.41, 5.74) is 0.874. The third-order valence-electron chi connectivity index (χ3n) is 3.69. The van der Waals surface area contributed by atoms with E-state index >= 15 is 0 Å². The highest BCUT2D eigenvalue weighted by Gasteiger charge is 2.21. The summed E-state index contributed by atoms with van der Waals surface area (Å²) in [6.07, 6.45) is 3.58. The molecule has 0 bridgehead atoms. The smallest absolute Gasteiger partial charge is 0.233 e. The van der Waals surface area contributed by atoms with E-state index in [0.717, 1.165) is 16.5 Å². The summed E-state index contributed by atoms with van der Waals surface area (Å²) in [6.45, 7) is 3.79. The number of rotatable bonds is 7. The molecule has 24 heavy (non-hydrogen) atoms. The van der Waals surface area contributed by atoms with Gasteiger partial charge in [-0.1, -0.05) is 11.8 Å². The molecule has 0 saturated carbocycles. The zero-order chi connectivity index (χ0) is 17.7. The highest BCUT2D eigenvalue weighted by Crippen LogP contribution is 2.30. The van der Waals surface area contributed by atoms with Crippen molar-refractivity contribution in [2.45, 2.75) is 30.3 Å². The Labute approximate surface area is 146 Å². The first-order valence-corrected chi connectivity index (χ1v) is 8.50. The van der Waals surface area contributed by atoms with Crippen LogP contribution in [0.25, 0.3) is 0 Å². The number of imidazole rings is 1. The van der Waals surface area contributed by atoms with Gasteiger partial charge >= 0.3 is 0 Å². The number of amides is 1. The Kier molecular flexibility index (Phi) is 6.14. The minimum Gasteiger partial charge on any atom is -0.497 e. The van der Waals surface area contributed by atoms with Crippen molar-refractivity contribution in [3.05, 3.63) is 36.2 Å². The van der Waals surface area contributed by atoms with Crippen LogP contribution in [-0.2, 0) is 11.8 Å². The first-order chi connectivity index (χ1) is 11.5. The predicted octanol–water partition coefficient (Wildman–Crippen LogP) is 2.80. The highest BCUT2D eigenvalue weighted by atomic mass is 32.2. The van der Waals surface area contributed by atoms with E-state index < -0.39 is 0 Å². The number of hydrogen-bond acceptors (Lipinski definition) is 5. The quantitative estimate of drug-likeness (QED) is 0.779. The molecule has 2 aromatic rings. The molecule has 0 aliphatic rings. The zero-order valence-electron chi connectivity index (χ0n) is 14.6. The van der Waals surface area contributed by atoms with Crippen molar-refractivity contribution in [2.24, 2.45) is 7.05 Å². The maximum absolute atomic E-state index is 12.5. The van der Waals surface area contributed by atoms with E-state index in [-0.39, 0.29) is 17.2 Å². The van der Waals surface area contributed by atoms with Gasteiger partial charge in [0.1, 0.15) is 11.5 Å². The fourth-order valence-corrected chi connectivity index (χ4v) is 3.10. The lowest BCUT2D eigenvalue weighted by atomic mass is 10.1. The molecule has 1 heterocycles. The lowest BCUT2D eigenvalue weighted by Crippen LogP contribution is -2.33. The highest BCUT2D eigenvalue weighted by molar-refractivity contribution is 8.00. The topological polar surface area (TPSA) is 65.4 Å². The summed E-state index contributed by atoms with van der Waals surface area (Å²) in [5.74, 6) is 1.38. The van der Waals surface area contributed by atoms with E-state index in [4.69, 9.17) is 9.47 Å². The molecule has 2 rings (SSSR count). The number of aryl methyl sites for hydroxylation is 1. The summed E-state index contributed by atoms with van der Waals surface area (Å²) in [6, 6.07) is 5.34. The van der Waals surface area contributed by atoms with Crippen molar-refractivity contribution in [1.29, 1.82) is 0 Å². The van der Waals surface area contributed by atoms with Crippen LogP contribution < -0.4 is 14.8 Å². The van der Waals surface area contributed by atoms with Gasteiger partial charge in [0.25, 0.3) is 0 Å². The molecule has 7 heteroatoms. The maximum atomic E-state index is 12.5. The molecule has 1 N–H and O–H groups in total. The number of nitrogens with zero attached hydrogens (tertiary/aromatic N) is 2. The Balaban J connectivity index is 2.06. The van der Waals surface area contributed by atoms with Crippen LogP contribution in [0.15, 0.2) is 35.7 Å². The third kappa shape index (κ3) is 4.23. The van der Waals surface area contributed by atoms with Crippen LogP contribution in [0.5, 0.6) is 11.5 Å². The molecule has 1 amide bonds. The average molecular weight is 349 g/mol. The van der Waals surface area contributed by atoms with Gasteiger partial charge in [0, 0.05) is 25.0 Å². The number of aromatic nitrogens is 2. The van der Waals surface area contributed by atoms with Crippen LogP contribution in [-0.4, -0.2) is 34.9 Å². The molecule has 0 saturated heterocycles. The van der Waals surface area contributed by atoms with Gasteiger partial charge in [-0.3, -0.25) is 4.79 Å². The van der Waals surface area contributed by atoms with Crippen LogP contribution in [0, 0.1) is 0 Å². The van der Waals surface area contributed by atoms with Crippen molar-refractivity contribution < 1.29 is 14.3 Å². The van der Waals surface area contributed by atoms with Crippen LogP contribution >= 0.6 is 11.8 Å². The second kappa shape index (κ2) is 8.10. The summed E-state index contributed by atoms with van der Waals surface area (Å²) in [7, 11) is 5.13. The molecular formula is C17H23N3O3S. The van der Waals surface area contributed by atoms with Crippen LogP contribution in [0.1, 0.15) is 25.5 Å². The second-order valence-corrected chi connectivity index (χ2v) is 6.73. The fraction of sp³-hybridized carbons (Fsp3) is 0.412. The molecule has 6 nitrogen and oxygen atoms in total. The lowest BCUT2D eigenvalue weighted by Gasteiger charge is -2.20. The van der Waals surface area contributed by atoms with Gasteiger partial charge in [0.15, 0.2) is 5.16 Å². The zero-order valence-corrected chi connectivity index (χ0v) is 15.4. The Bertz CT molecular complexity index is 702. The second-order valence-electron chi connectivity index (χ2n) is 5.42. The van der Waals surface area contributed by atoms with Gasteiger partial charge in [0.05, 0.1) is 25.5 Å². The Morgan fingerprint density at radius 1 is 1.29 bits per heavy atom. The maximum Gasteiger partial charge on any atom is 0.233 e. The van der Waals surface area contributed by atoms with Crippen molar-refractivity contribution in [3.8, 4) is 11.5 Å². The van der Waals surface area contributed by atoms with Crippen LogP contribution in [0.4, 0.5) is 0 Å². The van der Waals surface area contributed by atoms with Crippen molar-refractivity contribution in [1.82, 2.24) is 14.9 Å². The van der Waals surface area contributed by atoms with E-state index in [1.165, 1.54) is 11.8 Å². The number of thioether (sulfide) groups is 1. The monoisotopic (exact) mass is 349 g/mol. The average Bonchev–Trinajstić information content (AvgIpc) is 2.98. The fourth-order valence-electron chi connectivity index (χ4n) is 2.26. The number of nitrogens with one attached hydrogen (secondary N) is 1. The third-order valence-corrected chi connectivity index (χ3v) is 4.86. The van der Waals surface area contributed by atoms with E-state index in [1.807, 2.05) is 49.9 Å². The van der Waals surface area contributed by atoms with Gasteiger partial charge in [-0.15, -0.1) is 0 Å². The molecule has 0 spiro atoms. The Hall–Kier alpha value is -2.15. The SMILES string of the molecule is COc1ccc(OC)c(C(C)NC(=O)C(C)Sc2nccn2C)c1. The van der Waals surface area contributed by atoms with Crippen LogP contribution in [0.2, 0.25) is 0 Å². The van der Waals surface area contributed by atoms with Crippen LogP contribution in [0.3, 0.4) is 0 Å². The molecular weight excluding hydrogens is 326 g/mol. The van der Waals surface area contributed by atoms with Crippen molar-refractivity contribution in [2.75, 3.05) is 14.2 Å². The first-order valence-electron chi connectivity index (χ1n) is 7.62. The summed E-state index contributed by atoms with van der Waals surface area (Å²) in [5, 5.41) is 3.57. The molecule has 0 aliphatic heterocycles. The molecule has 2 atom stereocenters. The lowest BCUT2D eigenvalue weighted by molar-refractivity contribution is -0.120. The van der Waals surface area contributed by atoms with Gasteiger partial charge in [0.2, 0.25) is 5.91 Å². The Morgan fingerprint density at radius 2 is 2.04 bits per heavy atom. The summed E-state index contributed by atoms with van der Waals surface area (Å²) < 4.78 is 12.5. The van der Waals surface area contributed by atoms with E-state index in [2.05, 4.69) is 10.3 Å². The molecule has 2 unspecified atom stereocenters. The molecule has 1 aromatic heterocycles. The van der Waals surface area contributed by atoms with Gasteiger partial charge in [-0.25, -0.2) is 4.98 Å². The van der Waals surface area contributed by atoms with E-state index in [1.54, 1.807) is 20.4 Å². The van der Waals surface area contributed by atoms with Gasteiger partial charge in [-0.2, -0.15) is 0 Å². The first kappa shape index (κ1) is 18.2. The Morgan fingerprint density at radius 3 is 2.62 bits per heavy atom. The predicted molar refractivity (Wildman–Crippen MR) is 94.6 cm³/mol. The van der Waals surface area contributed by atoms with Crippen molar-refractivity contribution >= 4 is 17.7 Å². The minimum absolute atomic E-state index is 0.0552. The molecule has 0 aliphatic carbocycles. The number of benzene rings is 1. The molecule has 0 radical (unpaired) electrons. The number of hydrogen-bond donors (Lipinski definition) is 1. The van der Waals surface area contributed by atoms with Gasteiger partial charge < -0.3 is 19.4 Å². The number of carbonyl (C=O) groups excluding carboxylic acids is 1. The number of methoxy groups -OCH3 is 2. The molecule has 1 aromatic carbocycles.